The van der Waals surface area contributed by atoms with E-state index in [4.69, 9.17) is 26.4 Å². The van der Waals surface area contributed by atoms with Crippen LogP contribution < -0.4 is 5.56 Å². The SMILES string of the molecule is C=C(C)C(=O)OCCOCCOCCn1c(=O)cc[nH]c1=S. The standard InChI is InChI=1S/C14H20N2O5S/c1-11(2)13(18)21-10-9-20-8-7-19-6-5-16-12(17)3-4-15-14(16)22/h3-4H,1,5-10H2,2H3,(H,15,22). The fraction of sp³-hybridized carbons (Fsp3) is 0.500. The van der Waals surface area contributed by atoms with Crippen molar-refractivity contribution in [1.82, 2.24) is 9.55 Å². The van der Waals surface area contributed by atoms with Gasteiger partial charge >= 0.3 is 5.97 Å². The Morgan fingerprint density at radius 3 is 2.55 bits per heavy atom. The van der Waals surface area contributed by atoms with Crippen LogP contribution in [0.3, 0.4) is 0 Å². The predicted octanol–water partition coefficient (Wildman–Crippen LogP) is 1.06. The molecule has 0 radical (unpaired) electrons. The number of carbonyl (C=O) groups excluding carboxylic acids is 1. The van der Waals surface area contributed by atoms with Gasteiger partial charge in [0.25, 0.3) is 5.56 Å². The van der Waals surface area contributed by atoms with Gasteiger partial charge in [-0.2, -0.15) is 0 Å². The van der Waals surface area contributed by atoms with E-state index in [2.05, 4.69) is 11.6 Å². The van der Waals surface area contributed by atoms with E-state index in [0.29, 0.717) is 43.3 Å². The molecule has 1 heterocycles. The molecule has 0 saturated carbocycles. The first kappa shape index (κ1) is 18.3. The molecule has 0 amide bonds. The number of rotatable bonds is 10. The highest BCUT2D eigenvalue weighted by Gasteiger charge is 2.02. The van der Waals surface area contributed by atoms with Gasteiger partial charge in [0.15, 0.2) is 4.77 Å². The zero-order chi connectivity index (χ0) is 16.4. The Kier molecular flexibility index (Phi) is 8.34. The summed E-state index contributed by atoms with van der Waals surface area (Å²) in [6, 6.07) is 1.41. The molecular weight excluding hydrogens is 308 g/mol. The molecule has 122 valence electrons. The Hall–Kier alpha value is -1.77. The summed E-state index contributed by atoms with van der Waals surface area (Å²) in [5.41, 5.74) is 0.195. The van der Waals surface area contributed by atoms with E-state index in [9.17, 15) is 9.59 Å². The van der Waals surface area contributed by atoms with Crippen molar-refractivity contribution in [2.24, 2.45) is 0 Å². The Bertz CT molecular complexity index is 579. The fourth-order valence-electron chi connectivity index (χ4n) is 1.46. The lowest BCUT2D eigenvalue weighted by Crippen LogP contribution is -2.23. The van der Waals surface area contributed by atoms with E-state index < -0.39 is 5.97 Å². The number of nitrogens with zero attached hydrogens (tertiary/aromatic N) is 1. The van der Waals surface area contributed by atoms with Crippen LogP contribution in [0.4, 0.5) is 0 Å². The minimum absolute atomic E-state index is 0.164. The molecule has 0 bridgehead atoms. The average Bonchev–Trinajstić information content (AvgIpc) is 2.47. The monoisotopic (exact) mass is 328 g/mol. The van der Waals surface area contributed by atoms with Crippen molar-refractivity contribution in [2.75, 3.05) is 33.0 Å². The van der Waals surface area contributed by atoms with E-state index >= 15 is 0 Å². The quantitative estimate of drug-likeness (QED) is 0.299. The van der Waals surface area contributed by atoms with Gasteiger partial charge in [0.1, 0.15) is 6.61 Å². The van der Waals surface area contributed by atoms with Crippen molar-refractivity contribution in [3.63, 3.8) is 0 Å². The van der Waals surface area contributed by atoms with Crippen LogP contribution in [0.1, 0.15) is 6.92 Å². The Balaban J connectivity index is 2.05. The highest BCUT2D eigenvalue weighted by molar-refractivity contribution is 7.71. The number of aromatic amines is 1. The van der Waals surface area contributed by atoms with Gasteiger partial charge in [-0.25, -0.2) is 4.79 Å². The van der Waals surface area contributed by atoms with Gasteiger partial charge in [-0.3, -0.25) is 9.36 Å². The van der Waals surface area contributed by atoms with Gasteiger partial charge in [-0.15, -0.1) is 0 Å². The van der Waals surface area contributed by atoms with E-state index in [1.54, 1.807) is 6.92 Å². The zero-order valence-electron chi connectivity index (χ0n) is 12.5. The highest BCUT2D eigenvalue weighted by Crippen LogP contribution is 1.91. The second kappa shape index (κ2) is 10.0. The number of hydrogen-bond donors (Lipinski definition) is 1. The second-order valence-corrected chi connectivity index (χ2v) is 4.80. The molecule has 0 unspecified atom stereocenters. The summed E-state index contributed by atoms with van der Waals surface area (Å²) in [5.74, 6) is -0.426. The molecule has 0 spiro atoms. The number of hydrogen-bond acceptors (Lipinski definition) is 6. The van der Waals surface area contributed by atoms with Gasteiger partial charge in [0.05, 0.1) is 33.0 Å². The van der Waals surface area contributed by atoms with Crippen LogP contribution in [0.25, 0.3) is 0 Å². The van der Waals surface area contributed by atoms with Crippen LogP contribution in [-0.4, -0.2) is 48.6 Å². The van der Waals surface area contributed by atoms with Gasteiger partial charge in [0, 0.05) is 17.8 Å². The molecule has 0 aromatic carbocycles. The largest absolute Gasteiger partial charge is 0.460 e. The summed E-state index contributed by atoms with van der Waals surface area (Å²) in [6.07, 6.45) is 1.51. The lowest BCUT2D eigenvalue weighted by Gasteiger charge is -2.08. The van der Waals surface area contributed by atoms with Crippen LogP contribution in [0, 0.1) is 4.77 Å². The number of ether oxygens (including phenoxy) is 3. The van der Waals surface area contributed by atoms with Crippen LogP contribution in [0.2, 0.25) is 0 Å². The molecular formula is C14H20N2O5S. The summed E-state index contributed by atoms with van der Waals surface area (Å²) in [6.45, 7) is 7.03. The normalized spacial score (nSPS) is 10.4. The Morgan fingerprint density at radius 1 is 1.27 bits per heavy atom. The predicted molar refractivity (Wildman–Crippen MR) is 83.3 cm³/mol. The molecule has 22 heavy (non-hydrogen) atoms. The molecule has 0 aliphatic rings. The summed E-state index contributed by atoms with van der Waals surface area (Å²) < 4.78 is 17.2. The number of H-pyrrole nitrogens is 1. The maximum absolute atomic E-state index is 11.5. The highest BCUT2D eigenvalue weighted by atomic mass is 32.1. The van der Waals surface area contributed by atoms with Crippen molar-refractivity contribution in [1.29, 1.82) is 0 Å². The van der Waals surface area contributed by atoms with Crippen molar-refractivity contribution in [3.05, 3.63) is 39.5 Å². The topological polar surface area (TPSA) is 82.6 Å². The number of aromatic nitrogens is 2. The van der Waals surface area contributed by atoms with E-state index in [1.165, 1.54) is 16.8 Å². The van der Waals surface area contributed by atoms with Crippen LogP contribution in [0.15, 0.2) is 29.2 Å². The van der Waals surface area contributed by atoms with Crippen molar-refractivity contribution in [3.8, 4) is 0 Å². The third-order valence-electron chi connectivity index (χ3n) is 2.58. The molecule has 1 aromatic rings. The lowest BCUT2D eigenvalue weighted by molar-refractivity contribution is -0.140. The fourth-order valence-corrected chi connectivity index (χ4v) is 1.71. The van der Waals surface area contributed by atoms with Gasteiger partial charge in [0.2, 0.25) is 0 Å². The van der Waals surface area contributed by atoms with Crippen molar-refractivity contribution >= 4 is 18.2 Å². The maximum Gasteiger partial charge on any atom is 0.333 e. The van der Waals surface area contributed by atoms with Gasteiger partial charge in [-0.05, 0) is 19.1 Å². The molecule has 7 nitrogen and oxygen atoms in total. The van der Waals surface area contributed by atoms with Crippen molar-refractivity contribution < 1.29 is 19.0 Å². The number of nitrogens with one attached hydrogen (secondary N) is 1. The third kappa shape index (κ3) is 6.79. The van der Waals surface area contributed by atoms with Gasteiger partial charge < -0.3 is 19.2 Å². The lowest BCUT2D eigenvalue weighted by atomic mass is 10.4. The minimum Gasteiger partial charge on any atom is -0.460 e. The summed E-state index contributed by atoms with van der Waals surface area (Å²) in [4.78, 5) is 25.4. The first-order chi connectivity index (χ1) is 10.5. The molecule has 0 atom stereocenters. The molecule has 1 N–H and O–H groups in total. The summed E-state index contributed by atoms with van der Waals surface area (Å²) >= 11 is 5.01. The van der Waals surface area contributed by atoms with E-state index in [-0.39, 0.29) is 12.2 Å². The van der Waals surface area contributed by atoms with Crippen LogP contribution in [0.5, 0.6) is 0 Å². The van der Waals surface area contributed by atoms with Crippen LogP contribution >= 0.6 is 12.2 Å². The smallest absolute Gasteiger partial charge is 0.333 e. The zero-order valence-corrected chi connectivity index (χ0v) is 13.3. The van der Waals surface area contributed by atoms with Gasteiger partial charge in [-0.1, -0.05) is 6.58 Å². The van der Waals surface area contributed by atoms with E-state index in [0.717, 1.165) is 0 Å². The third-order valence-corrected chi connectivity index (χ3v) is 2.92. The summed E-state index contributed by atoms with van der Waals surface area (Å²) in [7, 11) is 0. The molecule has 0 aliphatic heterocycles. The first-order valence-electron chi connectivity index (χ1n) is 6.79. The molecule has 0 fully saturated rings. The van der Waals surface area contributed by atoms with Crippen molar-refractivity contribution in [2.45, 2.75) is 13.5 Å². The molecule has 1 aromatic heterocycles. The first-order valence-corrected chi connectivity index (χ1v) is 7.20. The number of esters is 1. The van der Waals surface area contributed by atoms with E-state index in [1.807, 2.05) is 0 Å². The average molecular weight is 328 g/mol. The second-order valence-electron chi connectivity index (χ2n) is 4.41. The maximum atomic E-state index is 11.5. The Morgan fingerprint density at radius 2 is 1.91 bits per heavy atom. The van der Waals surface area contributed by atoms with Crippen LogP contribution in [-0.2, 0) is 25.5 Å². The molecule has 1 rings (SSSR count). The minimum atomic E-state index is -0.426. The molecule has 0 saturated heterocycles. The molecule has 0 aliphatic carbocycles. The summed E-state index contributed by atoms with van der Waals surface area (Å²) in [5, 5.41) is 0. The Labute approximate surface area is 133 Å². The molecule has 8 heteroatoms. The number of carbonyl (C=O) groups is 1.